The normalized spacial score (nSPS) is 34.2. The van der Waals surface area contributed by atoms with Gasteiger partial charge in [-0.2, -0.15) is 0 Å². The maximum Gasteiger partial charge on any atom is 0.0373 e. The molecule has 0 radical (unpaired) electrons. The number of nitrogens with one attached hydrogen (secondary N) is 1. The lowest BCUT2D eigenvalue weighted by Gasteiger charge is -2.28. The van der Waals surface area contributed by atoms with Crippen LogP contribution in [0.25, 0.3) is 0 Å². The van der Waals surface area contributed by atoms with Gasteiger partial charge in [-0.1, -0.05) is 13.0 Å². The van der Waals surface area contributed by atoms with Gasteiger partial charge in [-0.05, 0) is 30.5 Å². The van der Waals surface area contributed by atoms with E-state index in [1.165, 1.54) is 0 Å². The SMILES string of the molecule is CC/C=C1\C(=N)CCC(P)C1N. The molecule has 0 aromatic heterocycles. The molecule has 1 aliphatic rings. The molecule has 0 aliphatic heterocycles. The van der Waals surface area contributed by atoms with Crippen LogP contribution in [0.2, 0.25) is 0 Å². The van der Waals surface area contributed by atoms with Gasteiger partial charge in [0, 0.05) is 11.8 Å². The summed E-state index contributed by atoms with van der Waals surface area (Å²) in [6.45, 7) is 2.08. The average molecular weight is 184 g/mol. The first-order valence-corrected chi connectivity index (χ1v) is 5.12. The molecule has 2 nitrogen and oxygen atoms in total. The number of rotatable bonds is 1. The second-order valence-electron chi connectivity index (χ2n) is 3.27. The van der Waals surface area contributed by atoms with E-state index in [2.05, 4.69) is 22.2 Å². The van der Waals surface area contributed by atoms with Crippen molar-refractivity contribution < 1.29 is 0 Å². The molecule has 1 rings (SSSR count). The Morgan fingerprint density at radius 2 is 2.42 bits per heavy atom. The molecule has 0 heterocycles. The fraction of sp³-hybridized carbons (Fsp3) is 0.667. The summed E-state index contributed by atoms with van der Waals surface area (Å²) < 4.78 is 0. The van der Waals surface area contributed by atoms with E-state index in [-0.39, 0.29) is 6.04 Å². The van der Waals surface area contributed by atoms with E-state index >= 15 is 0 Å². The number of hydrogen-bond donors (Lipinski definition) is 2. The van der Waals surface area contributed by atoms with Crippen molar-refractivity contribution in [2.24, 2.45) is 5.73 Å². The van der Waals surface area contributed by atoms with E-state index < -0.39 is 0 Å². The molecule has 1 saturated carbocycles. The standard InChI is InChI=1S/C9H17N2P/c1-2-3-6-7(10)4-5-8(12)9(6)11/h3,8-10H,2,4-5,11-12H2,1H3/b6-3+,10-7?. The topological polar surface area (TPSA) is 49.9 Å². The lowest BCUT2D eigenvalue weighted by atomic mass is 9.87. The van der Waals surface area contributed by atoms with E-state index in [4.69, 9.17) is 11.1 Å². The Balaban J connectivity index is 2.79. The van der Waals surface area contributed by atoms with E-state index in [0.29, 0.717) is 5.66 Å². The molecule has 68 valence electrons. The molecule has 3 atom stereocenters. The molecule has 3 heteroatoms. The number of nitrogens with two attached hydrogens (primary N) is 1. The van der Waals surface area contributed by atoms with Gasteiger partial charge in [-0.25, -0.2) is 0 Å². The highest BCUT2D eigenvalue weighted by atomic mass is 31.0. The van der Waals surface area contributed by atoms with Crippen LogP contribution in [0.1, 0.15) is 26.2 Å². The third-order valence-electron chi connectivity index (χ3n) is 2.32. The second-order valence-corrected chi connectivity index (χ2v) is 4.13. The van der Waals surface area contributed by atoms with Crippen LogP contribution in [0.3, 0.4) is 0 Å². The Hall–Kier alpha value is -0.200. The van der Waals surface area contributed by atoms with Crippen LogP contribution >= 0.6 is 9.24 Å². The fourth-order valence-electron chi connectivity index (χ4n) is 1.55. The van der Waals surface area contributed by atoms with Gasteiger partial charge in [-0.15, -0.1) is 9.24 Å². The van der Waals surface area contributed by atoms with Gasteiger partial charge in [0.25, 0.3) is 0 Å². The summed E-state index contributed by atoms with van der Waals surface area (Å²) in [5.74, 6) is 0. The molecule has 12 heavy (non-hydrogen) atoms. The Labute approximate surface area is 76.3 Å². The Kier molecular flexibility index (Phi) is 3.42. The summed E-state index contributed by atoms with van der Waals surface area (Å²) >= 11 is 0. The first-order valence-electron chi connectivity index (χ1n) is 4.45. The Morgan fingerprint density at radius 3 is 3.00 bits per heavy atom. The van der Waals surface area contributed by atoms with Crippen molar-refractivity contribution in [3.8, 4) is 0 Å². The van der Waals surface area contributed by atoms with Gasteiger partial charge in [0.1, 0.15) is 0 Å². The molecule has 3 N–H and O–H groups in total. The molecular formula is C9H17N2P. The molecule has 0 aromatic rings. The van der Waals surface area contributed by atoms with Gasteiger partial charge in [-0.3, -0.25) is 0 Å². The third kappa shape index (κ3) is 1.94. The van der Waals surface area contributed by atoms with Crippen LogP contribution in [0, 0.1) is 5.41 Å². The van der Waals surface area contributed by atoms with Crippen LogP contribution in [-0.4, -0.2) is 17.4 Å². The largest absolute Gasteiger partial charge is 0.323 e. The Bertz CT molecular complexity index is 211. The number of allylic oxidation sites excluding steroid dienone is 1. The molecule has 0 spiro atoms. The summed E-state index contributed by atoms with van der Waals surface area (Å²) in [6.07, 6.45) is 4.98. The second kappa shape index (κ2) is 4.15. The smallest absolute Gasteiger partial charge is 0.0373 e. The van der Waals surface area contributed by atoms with Crippen molar-refractivity contribution in [2.75, 3.05) is 0 Å². The van der Waals surface area contributed by atoms with Gasteiger partial charge in [0.2, 0.25) is 0 Å². The van der Waals surface area contributed by atoms with Crippen molar-refractivity contribution in [3.63, 3.8) is 0 Å². The summed E-state index contributed by atoms with van der Waals surface area (Å²) in [6, 6.07) is 0.0659. The fourth-order valence-corrected chi connectivity index (χ4v) is 1.92. The molecule has 0 amide bonds. The van der Waals surface area contributed by atoms with Crippen molar-refractivity contribution in [1.29, 1.82) is 5.41 Å². The van der Waals surface area contributed by atoms with E-state index in [1.54, 1.807) is 0 Å². The zero-order valence-electron chi connectivity index (χ0n) is 7.51. The molecule has 1 aliphatic carbocycles. The van der Waals surface area contributed by atoms with Crippen molar-refractivity contribution in [1.82, 2.24) is 0 Å². The monoisotopic (exact) mass is 184 g/mol. The lowest BCUT2D eigenvalue weighted by molar-refractivity contribution is 0.654. The summed E-state index contributed by atoms with van der Waals surface area (Å²) in [5.41, 5.74) is 8.22. The maximum atomic E-state index is 7.71. The average Bonchev–Trinajstić information content (AvgIpc) is 2.06. The quantitative estimate of drug-likeness (QED) is 0.599. The highest BCUT2D eigenvalue weighted by Gasteiger charge is 2.25. The maximum absolute atomic E-state index is 7.71. The van der Waals surface area contributed by atoms with Gasteiger partial charge >= 0.3 is 0 Å². The van der Waals surface area contributed by atoms with Gasteiger partial charge < -0.3 is 11.1 Å². The van der Waals surface area contributed by atoms with Crippen LogP contribution in [0.15, 0.2) is 11.6 Å². The predicted octanol–water partition coefficient (Wildman–Crippen LogP) is 1.71. The minimum absolute atomic E-state index is 0.0659. The molecule has 0 bridgehead atoms. The van der Waals surface area contributed by atoms with Crippen LogP contribution in [-0.2, 0) is 0 Å². The first-order chi connectivity index (χ1) is 5.66. The minimum Gasteiger partial charge on any atom is -0.323 e. The molecular weight excluding hydrogens is 167 g/mol. The first kappa shape index (κ1) is 9.88. The van der Waals surface area contributed by atoms with Gasteiger partial charge in [0.15, 0.2) is 0 Å². The van der Waals surface area contributed by atoms with E-state index in [9.17, 15) is 0 Å². The highest BCUT2D eigenvalue weighted by Crippen LogP contribution is 2.25. The van der Waals surface area contributed by atoms with E-state index in [1.807, 2.05) is 0 Å². The predicted molar refractivity (Wildman–Crippen MR) is 56.8 cm³/mol. The number of hydrogen-bond acceptors (Lipinski definition) is 2. The summed E-state index contributed by atoms with van der Waals surface area (Å²) in [7, 11) is 2.77. The Morgan fingerprint density at radius 1 is 1.75 bits per heavy atom. The van der Waals surface area contributed by atoms with Crippen LogP contribution in [0.5, 0.6) is 0 Å². The molecule has 1 fully saturated rings. The summed E-state index contributed by atoms with van der Waals surface area (Å²) in [5, 5.41) is 7.71. The van der Waals surface area contributed by atoms with Crippen molar-refractivity contribution in [3.05, 3.63) is 11.6 Å². The zero-order valence-corrected chi connectivity index (χ0v) is 8.66. The third-order valence-corrected chi connectivity index (χ3v) is 3.07. The summed E-state index contributed by atoms with van der Waals surface area (Å²) in [4.78, 5) is 0. The van der Waals surface area contributed by atoms with Crippen LogP contribution < -0.4 is 5.73 Å². The zero-order chi connectivity index (χ0) is 9.14. The molecule has 3 unspecified atom stereocenters. The van der Waals surface area contributed by atoms with Crippen molar-refractivity contribution >= 4 is 15.0 Å². The van der Waals surface area contributed by atoms with E-state index in [0.717, 1.165) is 30.5 Å². The lowest BCUT2D eigenvalue weighted by Crippen LogP contribution is -2.39. The van der Waals surface area contributed by atoms with Crippen LogP contribution in [0.4, 0.5) is 0 Å². The van der Waals surface area contributed by atoms with Crippen molar-refractivity contribution in [2.45, 2.75) is 37.9 Å². The van der Waals surface area contributed by atoms with Gasteiger partial charge in [0.05, 0.1) is 0 Å². The minimum atomic E-state index is 0.0659. The molecule has 0 aromatic carbocycles. The molecule has 0 saturated heterocycles. The highest BCUT2D eigenvalue weighted by molar-refractivity contribution is 7.17.